The van der Waals surface area contributed by atoms with Crippen LogP contribution in [0.5, 0.6) is 0 Å². The molecule has 2 aromatic carbocycles. The Labute approximate surface area is 174 Å². The Morgan fingerprint density at radius 3 is 2.31 bits per heavy atom. The average Bonchev–Trinajstić information content (AvgIpc) is 2.58. The molecule has 0 spiro atoms. The quantitative estimate of drug-likeness (QED) is 0.767. The van der Waals surface area contributed by atoms with Crippen molar-refractivity contribution in [2.24, 2.45) is 0 Å². The zero-order chi connectivity index (χ0) is 17.8. The van der Waals surface area contributed by atoms with E-state index in [1.807, 2.05) is 29.3 Å². The number of hydrazine groups is 1. The molecule has 0 aromatic heterocycles. The van der Waals surface area contributed by atoms with E-state index in [1.54, 1.807) is 18.2 Å². The third-order valence-electron chi connectivity index (χ3n) is 4.16. The number of nitrogens with zero attached hydrogens (tertiary/aromatic N) is 2. The summed E-state index contributed by atoms with van der Waals surface area (Å²) in [5, 5.41) is 3.56. The van der Waals surface area contributed by atoms with Gasteiger partial charge in [-0.2, -0.15) is 0 Å². The highest BCUT2D eigenvalue weighted by Crippen LogP contribution is 2.21. The number of carbonyl (C=O) groups excluding carboxylic acids is 1. The van der Waals surface area contributed by atoms with Gasteiger partial charge in [-0.05, 0) is 29.8 Å². The monoisotopic (exact) mass is 433 g/mol. The first-order chi connectivity index (χ1) is 12.0. The number of benzene rings is 2. The van der Waals surface area contributed by atoms with Crippen molar-refractivity contribution < 1.29 is 4.79 Å². The van der Waals surface area contributed by atoms with Crippen LogP contribution < -0.4 is 5.43 Å². The summed E-state index contributed by atoms with van der Waals surface area (Å²) in [6, 6.07) is 12.7. The number of hydrogen-bond donors (Lipinski definition) is 1. The summed E-state index contributed by atoms with van der Waals surface area (Å²) in [5.41, 5.74) is 4.45. The molecule has 0 saturated carbocycles. The summed E-state index contributed by atoms with van der Waals surface area (Å²) >= 11 is 18.2. The average molecular weight is 435 g/mol. The van der Waals surface area contributed by atoms with Gasteiger partial charge in [0.15, 0.2) is 0 Å². The van der Waals surface area contributed by atoms with Crippen LogP contribution in [0.3, 0.4) is 0 Å². The first kappa shape index (κ1) is 21.3. The molecule has 1 N–H and O–H groups in total. The second-order valence-corrected chi connectivity index (χ2v) is 7.17. The highest BCUT2D eigenvalue weighted by atomic mass is 35.5. The highest BCUT2D eigenvalue weighted by molar-refractivity contribution is 6.36. The lowest BCUT2D eigenvalue weighted by molar-refractivity contribution is 0.0605. The second kappa shape index (κ2) is 9.79. The van der Waals surface area contributed by atoms with Crippen molar-refractivity contribution in [1.29, 1.82) is 0 Å². The van der Waals surface area contributed by atoms with Crippen LogP contribution in [0.4, 0.5) is 0 Å². The summed E-state index contributed by atoms with van der Waals surface area (Å²) < 4.78 is 0. The molecule has 1 heterocycles. The Balaban J connectivity index is 0.00000243. The van der Waals surface area contributed by atoms with E-state index in [4.69, 9.17) is 34.8 Å². The Kier molecular flexibility index (Phi) is 8.02. The summed E-state index contributed by atoms with van der Waals surface area (Å²) in [6.07, 6.45) is 0. The topological polar surface area (TPSA) is 35.6 Å². The fraction of sp³-hybridized carbons (Fsp3) is 0.278. The van der Waals surface area contributed by atoms with Crippen LogP contribution in [-0.4, -0.2) is 42.0 Å². The molecule has 2 aromatic rings. The van der Waals surface area contributed by atoms with Crippen molar-refractivity contribution in [1.82, 2.24) is 15.3 Å². The molecule has 1 fully saturated rings. The van der Waals surface area contributed by atoms with E-state index in [2.05, 4.69) is 10.3 Å². The largest absolute Gasteiger partial charge is 0.296 e. The molecule has 3 rings (SSSR count). The Bertz CT molecular complexity index is 764. The van der Waals surface area contributed by atoms with Gasteiger partial charge in [0.1, 0.15) is 0 Å². The van der Waals surface area contributed by atoms with Crippen LogP contribution >= 0.6 is 47.2 Å². The summed E-state index contributed by atoms with van der Waals surface area (Å²) in [6.45, 7) is 3.98. The molecule has 1 aliphatic heterocycles. The minimum absolute atomic E-state index is 0. The van der Waals surface area contributed by atoms with Crippen LogP contribution in [0.1, 0.15) is 15.9 Å². The fourth-order valence-corrected chi connectivity index (χ4v) is 3.45. The molecule has 0 radical (unpaired) electrons. The van der Waals surface area contributed by atoms with Crippen molar-refractivity contribution in [3.63, 3.8) is 0 Å². The molecule has 0 atom stereocenters. The van der Waals surface area contributed by atoms with Crippen LogP contribution in [0.15, 0.2) is 42.5 Å². The van der Waals surface area contributed by atoms with Gasteiger partial charge in [-0.15, -0.1) is 12.4 Å². The Morgan fingerprint density at radius 2 is 1.65 bits per heavy atom. The van der Waals surface area contributed by atoms with Gasteiger partial charge < -0.3 is 0 Å². The van der Waals surface area contributed by atoms with Crippen molar-refractivity contribution in [3.8, 4) is 0 Å². The van der Waals surface area contributed by atoms with Crippen LogP contribution in [0.25, 0.3) is 0 Å². The van der Waals surface area contributed by atoms with Gasteiger partial charge in [0.25, 0.3) is 5.91 Å². The maximum atomic E-state index is 12.4. The zero-order valence-corrected chi connectivity index (χ0v) is 17.0. The van der Waals surface area contributed by atoms with Gasteiger partial charge in [0.2, 0.25) is 0 Å². The van der Waals surface area contributed by atoms with Gasteiger partial charge in [-0.1, -0.05) is 53.0 Å². The summed E-state index contributed by atoms with van der Waals surface area (Å²) in [7, 11) is 0. The predicted molar refractivity (Wildman–Crippen MR) is 109 cm³/mol. The molecule has 0 bridgehead atoms. The standard InChI is InChI=1S/C18H18Cl3N3O.ClH/c19-14-5-6-15(17(21)11-14)18(25)22-24-9-7-23(8-10-24)12-13-3-1-2-4-16(13)20;/h1-6,11H,7-10,12H2,(H,22,25);1H. The molecule has 1 amide bonds. The van der Waals surface area contributed by atoms with Gasteiger partial charge in [0, 0.05) is 42.8 Å². The van der Waals surface area contributed by atoms with Gasteiger partial charge in [-0.3, -0.25) is 15.1 Å². The number of hydrogen-bond acceptors (Lipinski definition) is 3. The minimum Gasteiger partial charge on any atom is -0.296 e. The van der Waals surface area contributed by atoms with E-state index in [0.717, 1.165) is 43.3 Å². The van der Waals surface area contributed by atoms with Crippen LogP contribution in [0.2, 0.25) is 15.1 Å². The fourth-order valence-electron chi connectivity index (χ4n) is 2.76. The lowest BCUT2D eigenvalue weighted by Gasteiger charge is -2.34. The molecule has 1 saturated heterocycles. The zero-order valence-electron chi connectivity index (χ0n) is 13.9. The number of carbonyl (C=O) groups is 1. The van der Waals surface area contributed by atoms with Crippen molar-refractivity contribution in [3.05, 3.63) is 68.7 Å². The number of halogens is 4. The third kappa shape index (κ3) is 5.49. The van der Waals surface area contributed by atoms with E-state index in [1.165, 1.54) is 0 Å². The number of rotatable bonds is 4. The number of amides is 1. The Morgan fingerprint density at radius 1 is 0.962 bits per heavy atom. The Hall–Kier alpha value is -1.01. The lowest BCUT2D eigenvalue weighted by Crippen LogP contribution is -2.53. The van der Waals surface area contributed by atoms with Crippen LogP contribution in [0, 0.1) is 0 Å². The molecule has 140 valence electrons. The predicted octanol–water partition coefficient (Wildman–Crippen LogP) is 4.53. The minimum atomic E-state index is -0.221. The smallest absolute Gasteiger partial charge is 0.267 e. The van der Waals surface area contributed by atoms with E-state index in [9.17, 15) is 4.79 Å². The molecular weight excluding hydrogens is 416 g/mol. The van der Waals surface area contributed by atoms with Crippen LogP contribution in [-0.2, 0) is 6.54 Å². The van der Waals surface area contributed by atoms with Crippen molar-refractivity contribution >= 4 is 53.1 Å². The van der Waals surface area contributed by atoms with Crippen molar-refractivity contribution in [2.45, 2.75) is 6.54 Å². The van der Waals surface area contributed by atoms with Gasteiger partial charge >= 0.3 is 0 Å². The first-order valence-corrected chi connectivity index (χ1v) is 9.13. The van der Waals surface area contributed by atoms with E-state index >= 15 is 0 Å². The third-order valence-corrected chi connectivity index (χ3v) is 5.08. The highest BCUT2D eigenvalue weighted by Gasteiger charge is 2.20. The molecule has 8 heteroatoms. The maximum absolute atomic E-state index is 12.4. The van der Waals surface area contributed by atoms with E-state index in [0.29, 0.717) is 15.6 Å². The molecule has 26 heavy (non-hydrogen) atoms. The summed E-state index contributed by atoms with van der Waals surface area (Å²) in [5.74, 6) is -0.221. The second-order valence-electron chi connectivity index (χ2n) is 5.92. The van der Waals surface area contributed by atoms with E-state index in [-0.39, 0.29) is 18.3 Å². The van der Waals surface area contributed by atoms with Gasteiger partial charge in [0.05, 0.1) is 10.6 Å². The normalized spacial score (nSPS) is 15.3. The maximum Gasteiger partial charge on any atom is 0.267 e. The van der Waals surface area contributed by atoms with E-state index < -0.39 is 0 Å². The number of nitrogens with one attached hydrogen (secondary N) is 1. The molecule has 1 aliphatic rings. The molecule has 4 nitrogen and oxygen atoms in total. The molecular formula is C18H19Cl4N3O. The molecule has 0 unspecified atom stereocenters. The van der Waals surface area contributed by atoms with Gasteiger partial charge in [-0.25, -0.2) is 5.01 Å². The summed E-state index contributed by atoms with van der Waals surface area (Å²) in [4.78, 5) is 14.7. The van der Waals surface area contributed by atoms with Crippen molar-refractivity contribution in [2.75, 3.05) is 26.2 Å². The molecule has 0 aliphatic carbocycles. The first-order valence-electron chi connectivity index (χ1n) is 7.99. The lowest BCUT2D eigenvalue weighted by atomic mass is 10.2. The number of piperazine rings is 1. The SMILES string of the molecule is Cl.O=C(NN1CCN(Cc2ccccc2Cl)CC1)c1ccc(Cl)cc1Cl.